The molecule has 1 aromatic rings. The molecule has 6 heteroatoms. The molecule has 5 nitrogen and oxygen atoms in total. The van der Waals surface area contributed by atoms with Crippen molar-refractivity contribution in [1.29, 1.82) is 0 Å². The zero-order chi connectivity index (χ0) is 12.3. The Morgan fingerprint density at radius 3 is 2.76 bits per heavy atom. The standard InChI is InChI=1S/C11H14FN3O2/c12-10-8-14(6-7-17-10)15(11(13)16)9-4-2-1-3-5-9/h1-5,10H,6-8H2,(H2,13,16). The van der Waals surface area contributed by atoms with Crippen molar-refractivity contribution in [2.24, 2.45) is 5.73 Å². The predicted octanol–water partition coefficient (Wildman–Crippen LogP) is 1.11. The molecule has 0 spiro atoms. The summed E-state index contributed by atoms with van der Waals surface area (Å²) in [6.07, 6.45) is -1.39. The first kappa shape index (κ1) is 11.8. The van der Waals surface area contributed by atoms with Crippen LogP contribution in [0, 0.1) is 0 Å². The van der Waals surface area contributed by atoms with Gasteiger partial charge < -0.3 is 10.5 Å². The van der Waals surface area contributed by atoms with Crippen molar-refractivity contribution < 1.29 is 13.9 Å². The number of anilines is 1. The number of morpholine rings is 1. The molecule has 1 aromatic carbocycles. The number of nitrogens with zero attached hydrogens (tertiary/aromatic N) is 2. The molecule has 17 heavy (non-hydrogen) atoms. The van der Waals surface area contributed by atoms with Crippen LogP contribution in [0.15, 0.2) is 30.3 Å². The van der Waals surface area contributed by atoms with Gasteiger partial charge in [0.2, 0.25) is 6.36 Å². The molecule has 1 atom stereocenters. The number of hydrogen-bond acceptors (Lipinski definition) is 3. The van der Waals surface area contributed by atoms with Crippen LogP contribution in [-0.4, -0.2) is 37.1 Å². The molecule has 1 aliphatic rings. The van der Waals surface area contributed by atoms with Gasteiger partial charge in [-0.15, -0.1) is 0 Å². The molecular formula is C11H14FN3O2. The van der Waals surface area contributed by atoms with E-state index >= 15 is 0 Å². The highest BCUT2D eigenvalue weighted by atomic mass is 19.1. The van der Waals surface area contributed by atoms with E-state index in [1.807, 2.05) is 6.07 Å². The third-order valence-corrected chi connectivity index (χ3v) is 2.49. The van der Waals surface area contributed by atoms with Gasteiger partial charge in [-0.2, -0.15) is 0 Å². The van der Waals surface area contributed by atoms with Crippen molar-refractivity contribution in [3.63, 3.8) is 0 Å². The first-order chi connectivity index (χ1) is 8.18. The lowest BCUT2D eigenvalue weighted by molar-refractivity contribution is -0.0981. The molecule has 2 amide bonds. The van der Waals surface area contributed by atoms with Crippen molar-refractivity contribution in [2.45, 2.75) is 6.36 Å². The molecular weight excluding hydrogens is 225 g/mol. The summed E-state index contributed by atoms with van der Waals surface area (Å²) in [6, 6.07) is 8.27. The van der Waals surface area contributed by atoms with Gasteiger partial charge in [0.1, 0.15) is 0 Å². The molecule has 2 rings (SSSR count). The first-order valence-electron chi connectivity index (χ1n) is 5.33. The van der Waals surface area contributed by atoms with Crippen LogP contribution in [-0.2, 0) is 4.74 Å². The van der Waals surface area contributed by atoms with E-state index in [0.29, 0.717) is 12.2 Å². The zero-order valence-corrected chi connectivity index (χ0v) is 9.25. The van der Waals surface area contributed by atoms with Crippen LogP contribution in [0.4, 0.5) is 14.9 Å². The predicted molar refractivity (Wildman–Crippen MR) is 60.9 cm³/mol. The topological polar surface area (TPSA) is 58.8 Å². The lowest BCUT2D eigenvalue weighted by Crippen LogP contribution is -2.55. The summed E-state index contributed by atoms with van der Waals surface area (Å²) >= 11 is 0. The van der Waals surface area contributed by atoms with Gasteiger partial charge in [0.05, 0.1) is 18.8 Å². The highest BCUT2D eigenvalue weighted by Gasteiger charge is 2.27. The highest BCUT2D eigenvalue weighted by molar-refractivity contribution is 5.89. The Kier molecular flexibility index (Phi) is 3.55. The van der Waals surface area contributed by atoms with E-state index in [1.54, 1.807) is 29.3 Å². The average Bonchev–Trinajstić information content (AvgIpc) is 2.30. The number of ether oxygens (including phenoxy) is 1. The summed E-state index contributed by atoms with van der Waals surface area (Å²) in [6.45, 7) is 0.661. The number of urea groups is 1. The second-order valence-electron chi connectivity index (χ2n) is 3.68. The number of alkyl halides is 1. The molecule has 0 aromatic heterocycles. The van der Waals surface area contributed by atoms with E-state index in [1.165, 1.54) is 5.01 Å². The van der Waals surface area contributed by atoms with E-state index in [0.717, 1.165) is 0 Å². The molecule has 0 saturated carbocycles. The van der Waals surface area contributed by atoms with Crippen molar-refractivity contribution in [3.05, 3.63) is 30.3 Å². The maximum absolute atomic E-state index is 13.1. The van der Waals surface area contributed by atoms with E-state index in [-0.39, 0.29) is 13.2 Å². The minimum Gasteiger partial charge on any atom is -0.350 e. The molecule has 2 N–H and O–H groups in total. The van der Waals surface area contributed by atoms with Crippen molar-refractivity contribution in [3.8, 4) is 0 Å². The molecule has 1 fully saturated rings. The van der Waals surface area contributed by atoms with Crippen LogP contribution < -0.4 is 10.7 Å². The van der Waals surface area contributed by atoms with Gasteiger partial charge in [0, 0.05) is 6.54 Å². The summed E-state index contributed by atoms with van der Waals surface area (Å²) < 4.78 is 17.9. The van der Waals surface area contributed by atoms with E-state index < -0.39 is 12.4 Å². The fraction of sp³-hybridized carbons (Fsp3) is 0.364. The highest BCUT2D eigenvalue weighted by Crippen LogP contribution is 2.18. The molecule has 1 unspecified atom stereocenters. The number of nitrogens with two attached hydrogens (primary N) is 1. The molecule has 1 aliphatic heterocycles. The lowest BCUT2D eigenvalue weighted by atomic mass is 10.3. The molecule has 0 aliphatic carbocycles. The monoisotopic (exact) mass is 239 g/mol. The number of benzene rings is 1. The smallest absolute Gasteiger partial charge is 0.334 e. The first-order valence-corrected chi connectivity index (χ1v) is 5.33. The quantitative estimate of drug-likeness (QED) is 0.841. The Morgan fingerprint density at radius 1 is 1.47 bits per heavy atom. The van der Waals surface area contributed by atoms with E-state index in [4.69, 9.17) is 10.5 Å². The Labute approximate surface area is 98.5 Å². The van der Waals surface area contributed by atoms with Crippen molar-refractivity contribution in [2.75, 3.05) is 24.7 Å². The molecule has 92 valence electrons. The molecule has 0 radical (unpaired) electrons. The Morgan fingerprint density at radius 2 is 2.18 bits per heavy atom. The number of halogens is 1. The Bertz CT molecular complexity index is 388. The van der Waals surface area contributed by atoms with Gasteiger partial charge in [-0.05, 0) is 12.1 Å². The second kappa shape index (κ2) is 5.11. The van der Waals surface area contributed by atoms with E-state index in [9.17, 15) is 9.18 Å². The third kappa shape index (κ3) is 2.72. The van der Waals surface area contributed by atoms with Crippen LogP contribution in [0.5, 0.6) is 0 Å². The number of hydrogen-bond donors (Lipinski definition) is 1. The second-order valence-corrected chi connectivity index (χ2v) is 3.68. The van der Waals surface area contributed by atoms with Crippen LogP contribution >= 0.6 is 0 Å². The lowest BCUT2D eigenvalue weighted by Gasteiger charge is -2.37. The SMILES string of the molecule is NC(=O)N(c1ccccc1)N1CCOC(F)C1. The number of primary amides is 1. The van der Waals surface area contributed by atoms with Gasteiger partial charge >= 0.3 is 6.03 Å². The fourth-order valence-corrected chi connectivity index (χ4v) is 1.78. The van der Waals surface area contributed by atoms with Crippen LogP contribution in [0.3, 0.4) is 0 Å². The third-order valence-electron chi connectivity index (χ3n) is 2.49. The van der Waals surface area contributed by atoms with Gasteiger partial charge in [-0.1, -0.05) is 18.2 Å². The molecule has 0 bridgehead atoms. The molecule has 1 heterocycles. The van der Waals surface area contributed by atoms with Gasteiger partial charge in [0.25, 0.3) is 0 Å². The maximum Gasteiger partial charge on any atom is 0.334 e. The number of amides is 2. The minimum atomic E-state index is -1.39. The van der Waals surface area contributed by atoms with Gasteiger partial charge in [-0.3, -0.25) is 0 Å². The number of hydrazine groups is 1. The minimum absolute atomic E-state index is 0.00215. The van der Waals surface area contributed by atoms with Gasteiger partial charge in [-0.25, -0.2) is 19.2 Å². The normalized spacial score (nSPS) is 21.1. The van der Waals surface area contributed by atoms with Gasteiger partial charge in [0.15, 0.2) is 0 Å². The average molecular weight is 239 g/mol. The summed E-state index contributed by atoms with van der Waals surface area (Å²) in [5.74, 6) is 0. The number of carbonyl (C=O) groups excluding carboxylic acids is 1. The zero-order valence-electron chi connectivity index (χ0n) is 9.25. The van der Waals surface area contributed by atoms with Crippen molar-refractivity contribution in [1.82, 2.24) is 5.01 Å². The van der Waals surface area contributed by atoms with Crippen LogP contribution in [0.1, 0.15) is 0 Å². The van der Waals surface area contributed by atoms with E-state index in [2.05, 4.69) is 0 Å². The van der Waals surface area contributed by atoms with Crippen LogP contribution in [0.25, 0.3) is 0 Å². The summed E-state index contributed by atoms with van der Waals surface area (Å²) in [7, 11) is 0. The summed E-state index contributed by atoms with van der Waals surface area (Å²) in [4.78, 5) is 11.4. The Hall–Kier alpha value is -1.66. The Balaban J connectivity index is 2.20. The number of rotatable bonds is 2. The van der Waals surface area contributed by atoms with Crippen LogP contribution in [0.2, 0.25) is 0 Å². The number of para-hydroxylation sites is 1. The largest absolute Gasteiger partial charge is 0.350 e. The fourth-order valence-electron chi connectivity index (χ4n) is 1.78. The molecule has 1 saturated heterocycles. The maximum atomic E-state index is 13.1. The van der Waals surface area contributed by atoms with Crippen molar-refractivity contribution >= 4 is 11.7 Å². The summed E-state index contributed by atoms with van der Waals surface area (Å²) in [5, 5.41) is 2.82. The summed E-state index contributed by atoms with van der Waals surface area (Å²) in [5.41, 5.74) is 5.95. The number of carbonyl (C=O) groups is 1.